The van der Waals surface area contributed by atoms with Crippen LogP contribution in [0, 0.1) is 11.3 Å². The molecule has 0 aromatic heterocycles. The second-order valence-electron chi connectivity index (χ2n) is 3.94. The van der Waals surface area contributed by atoms with Crippen LogP contribution in [0.25, 0.3) is 0 Å². The third kappa shape index (κ3) is 3.52. The van der Waals surface area contributed by atoms with Gasteiger partial charge in [0.1, 0.15) is 6.42 Å². The van der Waals surface area contributed by atoms with Crippen molar-refractivity contribution in [3.05, 3.63) is 0 Å². The molecule has 1 amide bonds. The molecule has 0 aliphatic carbocycles. The van der Waals surface area contributed by atoms with Crippen molar-refractivity contribution >= 4 is 5.91 Å². The average Bonchev–Trinajstić information content (AvgIpc) is 2.66. The number of hydrogen-bond donors (Lipinski definition) is 0. The molecule has 4 nitrogen and oxygen atoms in total. The first-order valence-electron chi connectivity index (χ1n) is 5.47. The molecule has 1 unspecified atom stereocenters. The minimum Gasteiger partial charge on any atom is -0.373 e. The Labute approximate surface area is 90.8 Å². The second kappa shape index (κ2) is 5.72. The van der Waals surface area contributed by atoms with Gasteiger partial charge >= 0.3 is 0 Å². The van der Waals surface area contributed by atoms with Gasteiger partial charge in [-0.3, -0.25) is 4.79 Å². The fourth-order valence-electron chi connectivity index (χ4n) is 1.67. The molecule has 0 aromatic carbocycles. The maximum atomic E-state index is 11.4. The quantitative estimate of drug-likeness (QED) is 0.703. The largest absolute Gasteiger partial charge is 0.373 e. The first kappa shape index (κ1) is 12.0. The number of hydrogen-bond acceptors (Lipinski definition) is 3. The lowest BCUT2D eigenvalue weighted by Gasteiger charge is -2.18. The summed E-state index contributed by atoms with van der Waals surface area (Å²) in [6.07, 6.45) is 2.27. The van der Waals surface area contributed by atoms with Crippen LogP contribution in [-0.4, -0.2) is 36.1 Å². The van der Waals surface area contributed by atoms with Crippen LogP contribution in [0.15, 0.2) is 0 Å². The smallest absolute Gasteiger partial charge is 0.236 e. The van der Waals surface area contributed by atoms with Crippen molar-refractivity contribution in [1.82, 2.24) is 4.90 Å². The van der Waals surface area contributed by atoms with Crippen LogP contribution in [0.4, 0.5) is 0 Å². The highest BCUT2D eigenvalue weighted by molar-refractivity contribution is 5.78. The molecular weight excluding hydrogens is 192 g/mol. The fourth-order valence-corrected chi connectivity index (χ4v) is 1.67. The Morgan fingerprint density at radius 1 is 1.73 bits per heavy atom. The number of amides is 1. The molecule has 0 aromatic rings. The van der Waals surface area contributed by atoms with Gasteiger partial charge in [-0.2, -0.15) is 5.26 Å². The molecule has 1 rings (SSSR count). The van der Waals surface area contributed by atoms with Gasteiger partial charge in [-0.25, -0.2) is 0 Å². The van der Waals surface area contributed by atoms with Crippen LogP contribution in [0.5, 0.6) is 0 Å². The lowest BCUT2D eigenvalue weighted by Crippen LogP contribution is -2.30. The van der Waals surface area contributed by atoms with Crippen molar-refractivity contribution in [2.45, 2.75) is 45.3 Å². The van der Waals surface area contributed by atoms with Crippen LogP contribution < -0.4 is 0 Å². The SMILES string of the molecule is CCC(C)O[C@H]1CCN(C(=O)CC#N)C1. The van der Waals surface area contributed by atoms with E-state index in [0.29, 0.717) is 6.54 Å². The second-order valence-corrected chi connectivity index (χ2v) is 3.94. The van der Waals surface area contributed by atoms with Crippen LogP contribution in [0.1, 0.15) is 33.1 Å². The van der Waals surface area contributed by atoms with Crippen LogP contribution in [0.3, 0.4) is 0 Å². The minimum absolute atomic E-state index is 0.0178. The lowest BCUT2D eigenvalue weighted by atomic mass is 10.3. The fraction of sp³-hybridized carbons (Fsp3) is 0.818. The van der Waals surface area contributed by atoms with Gasteiger partial charge in [-0.05, 0) is 19.8 Å². The molecule has 1 heterocycles. The summed E-state index contributed by atoms with van der Waals surface area (Å²) in [7, 11) is 0. The number of rotatable bonds is 4. The van der Waals surface area contributed by atoms with E-state index < -0.39 is 0 Å². The molecule has 2 atom stereocenters. The summed E-state index contributed by atoms with van der Waals surface area (Å²) in [5, 5.41) is 8.42. The topological polar surface area (TPSA) is 53.3 Å². The number of nitriles is 1. The van der Waals surface area contributed by atoms with Gasteiger partial charge in [0.15, 0.2) is 0 Å². The molecule has 0 N–H and O–H groups in total. The highest BCUT2D eigenvalue weighted by Crippen LogP contribution is 2.16. The van der Waals surface area contributed by atoms with Gasteiger partial charge in [0.2, 0.25) is 5.91 Å². The van der Waals surface area contributed by atoms with Crippen LogP contribution in [-0.2, 0) is 9.53 Å². The number of carbonyl (C=O) groups excluding carboxylic acids is 1. The predicted molar refractivity (Wildman–Crippen MR) is 56.1 cm³/mol. The van der Waals surface area contributed by atoms with Crippen molar-refractivity contribution in [2.24, 2.45) is 0 Å². The van der Waals surface area contributed by atoms with Crippen LogP contribution >= 0.6 is 0 Å². The van der Waals surface area contributed by atoms with Crippen molar-refractivity contribution < 1.29 is 9.53 Å². The summed E-state index contributed by atoms with van der Waals surface area (Å²) in [5.74, 6) is -0.0762. The molecule has 84 valence electrons. The lowest BCUT2D eigenvalue weighted by molar-refractivity contribution is -0.129. The Morgan fingerprint density at radius 2 is 2.47 bits per heavy atom. The summed E-state index contributed by atoms with van der Waals surface area (Å²) >= 11 is 0. The van der Waals surface area contributed by atoms with E-state index >= 15 is 0 Å². The molecular formula is C11H18N2O2. The predicted octanol–water partition coefficient (Wildman–Crippen LogP) is 1.32. The first-order valence-corrected chi connectivity index (χ1v) is 5.47. The van der Waals surface area contributed by atoms with E-state index in [4.69, 9.17) is 10.00 Å². The Hall–Kier alpha value is -1.08. The van der Waals surface area contributed by atoms with E-state index in [2.05, 4.69) is 6.92 Å². The number of ether oxygens (including phenoxy) is 1. The summed E-state index contributed by atoms with van der Waals surface area (Å²) in [5.41, 5.74) is 0. The molecule has 1 fully saturated rings. The van der Waals surface area contributed by atoms with Crippen molar-refractivity contribution in [3.8, 4) is 6.07 Å². The standard InChI is InChI=1S/C11H18N2O2/c1-3-9(2)15-10-5-7-13(8-10)11(14)4-6-12/h9-10H,3-5,7-8H2,1-2H3/t9?,10-/m0/s1. The highest BCUT2D eigenvalue weighted by Gasteiger charge is 2.27. The third-order valence-electron chi connectivity index (χ3n) is 2.73. The number of nitrogens with zero attached hydrogens (tertiary/aromatic N) is 2. The Kier molecular flexibility index (Phi) is 4.57. The molecule has 1 aliphatic rings. The summed E-state index contributed by atoms with van der Waals surface area (Å²) in [4.78, 5) is 13.1. The summed E-state index contributed by atoms with van der Waals surface area (Å²) in [6, 6.07) is 1.88. The van der Waals surface area contributed by atoms with Crippen molar-refractivity contribution in [1.29, 1.82) is 5.26 Å². The van der Waals surface area contributed by atoms with Gasteiger partial charge in [0, 0.05) is 13.1 Å². The Morgan fingerprint density at radius 3 is 3.07 bits per heavy atom. The molecule has 1 saturated heterocycles. The molecule has 0 saturated carbocycles. The normalized spacial score (nSPS) is 22.5. The molecule has 0 radical (unpaired) electrons. The molecule has 0 bridgehead atoms. The van der Waals surface area contributed by atoms with E-state index in [1.807, 2.05) is 13.0 Å². The van der Waals surface area contributed by atoms with Gasteiger partial charge in [-0.1, -0.05) is 6.92 Å². The number of likely N-dealkylation sites (tertiary alicyclic amines) is 1. The van der Waals surface area contributed by atoms with Crippen molar-refractivity contribution in [2.75, 3.05) is 13.1 Å². The molecule has 1 aliphatic heterocycles. The highest BCUT2D eigenvalue weighted by atomic mass is 16.5. The van der Waals surface area contributed by atoms with E-state index in [1.54, 1.807) is 4.90 Å². The van der Waals surface area contributed by atoms with Gasteiger partial charge in [0.05, 0.1) is 18.3 Å². The van der Waals surface area contributed by atoms with Gasteiger partial charge in [-0.15, -0.1) is 0 Å². The zero-order valence-electron chi connectivity index (χ0n) is 9.40. The zero-order valence-corrected chi connectivity index (χ0v) is 9.40. The van der Waals surface area contributed by atoms with E-state index in [0.717, 1.165) is 19.4 Å². The van der Waals surface area contributed by atoms with Crippen LogP contribution in [0.2, 0.25) is 0 Å². The van der Waals surface area contributed by atoms with Gasteiger partial charge in [0.25, 0.3) is 0 Å². The summed E-state index contributed by atoms with van der Waals surface area (Å²) in [6.45, 7) is 5.49. The number of carbonyl (C=O) groups is 1. The zero-order chi connectivity index (χ0) is 11.3. The maximum Gasteiger partial charge on any atom is 0.236 e. The van der Waals surface area contributed by atoms with E-state index in [9.17, 15) is 4.79 Å². The van der Waals surface area contributed by atoms with E-state index in [1.165, 1.54) is 0 Å². The molecule has 0 spiro atoms. The average molecular weight is 210 g/mol. The minimum atomic E-state index is -0.0762. The van der Waals surface area contributed by atoms with Gasteiger partial charge < -0.3 is 9.64 Å². The van der Waals surface area contributed by atoms with Crippen molar-refractivity contribution in [3.63, 3.8) is 0 Å². The summed E-state index contributed by atoms with van der Waals surface area (Å²) < 4.78 is 5.74. The monoisotopic (exact) mass is 210 g/mol. The Balaban J connectivity index is 2.33. The maximum absolute atomic E-state index is 11.4. The molecule has 15 heavy (non-hydrogen) atoms. The Bertz CT molecular complexity index is 260. The molecule has 4 heteroatoms. The first-order chi connectivity index (χ1) is 7.17. The third-order valence-corrected chi connectivity index (χ3v) is 2.73. The van der Waals surface area contributed by atoms with E-state index in [-0.39, 0.29) is 24.5 Å².